The molecule has 0 aliphatic carbocycles. The smallest absolute Gasteiger partial charge is 0.356 e. The van der Waals surface area contributed by atoms with E-state index in [1.54, 1.807) is 0 Å². The molecule has 21 heavy (non-hydrogen) atoms. The van der Waals surface area contributed by atoms with Crippen LogP contribution in [-0.2, 0) is 10.0 Å². The van der Waals surface area contributed by atoms with Gasteiger partial charge in [0, 0.05) is 13.1 Å². The average molecular weight is 330 g/mol. The number of carboxylic acid groups (broad SMARTS) is 1. The summed E-state index contributed by atoms with van der Waals surface area (Å²) in [7, 11) is -3.80. The van der Waals surface area contributed by atoms with Gasteiger partial charge >= 0.3 is 5.97 Å². The van der Waals surface area contributed by atoms with Crippen LogP contribution in [0, 0.1) is 5.41 Å². The van der Waals surface area contributed by atoms with E-state index >= 15 is 0 Å². The van der Waals surface area contributed by atoms with E-state index in [0.29, 0.717) is 13.0 Å². The zero-order valence-corrected chi connectivity index (χ0v) is 13.8. The van der Waals surface area contributed by atoms with Gasteiger partial charge in [0.15, 0.2) is 9.90 Å². The van der Waals surface area contributed by atoms with Crippen LogP contribution < -0.4 is 0 Å². The van der Waals surface area contributed by atoms with Gasteiger partial charge in [-0.2, -0.15) is 4.31 Å². The predicted molar refractivity (Wildman–Crippen MR) is 80.0 cm³/mol. The Morgan fingerprint density at radius 2 is 2.10 bits per heavy atom. The van der Waals surface area contributed by atoms with Crippen LogP contribution in [0.1, 0.15) is 37.7 Å². The Hall–Kier alpha value is -1.25. The van der Waals surface area contributed by atoms with Gasteiger partial charge < -0.3 is 5.11 Å². The molecule has 0 amide bonds. The van der Waals surface area contributed by atoms with E-state index in [0.717, 1.165) is 11.3 Å². The highest BCUT2D eigenvalue weighted by molar-refractivity contribution is 7.91. The van der Waals surface area contributed by atoms with E-state index in [-0.39, 0.29) is 16.2 Å². The quantitative estimate of drug-likeness (QED) is 0.859. The Morgan fingerprint density at radius 1 is 1.43 bits per heavy atom. The average Bonchev–Trinajstić information content (AvgIpc) is 2.88. The van der Waals surface area contributed by atoms with E-state index < -0.39 is 21.7 Å². The summed E-state index contributed by atoms with van der Waals surface area (Å²) in [5, 5.41) is 9.01. The van der Waals surface area contributed by atoms with Crippen LogP contribution in [-0.4, -0.2) is 41.9 Å². The van der Waals surface area contributed by atoms with Crippen LogP contribution in [0.3, 0.4) is 0 Å². The van der Waals surface area contributed by atoms with E-state index in [1.807, 2.05) is 6.08 Å². The number of thiazole rings is 1. The number of carbonyl (C=O) groups is 1. The first kappa shape index (κ1) is 16.1. The third-order valence-electron chi connectivity index (χ3n) is 3.45. The molecule has 1 N–H and O–H groups in total. The van der Waals surface area contributed by atoms with Gasteiger partial charge in [-0.05, 0) is 11.8 Å². The Labute approximate surface area is 128 Å². The van der Waals surface area contributed by atoms with Crippen molar-refractivity contribution in [3.63, 3.8) is 0 Å². The maximum absolute atomic E-state index is 12.5. The standard InChI is InChI=1S/C13H18N2O4S2/c1-13(2,3)9-4-6-15(7-5-9)21(18,19)12-10(11(16)17)14-8-20-12/h4,8H,5-7H2,1-3H3,(H,16,17). The van der Waals surface area contributed by atoms with Crippen LogP contribution in [0.25, 0.3) is 0 Å². The molecule has 2 rings (SSSR count). The van der Waals surface area contributed by atoms with Gasteiger partial charge in [0.25, 0.3) is 10.0 Å². The topological polar surface area (TPSA) is 87.6 Å². The van der Waals surface area contributed by atoms with E-state index in [9.17, 15) is 13.2 Å². The molecule has 0 unspecified atom stereocenters. The highest BCUT2D eigenvalue weighted by Gasteiger charge is 2.33. The second kappa shape index (κ2) is 5.51. The summed E-state index contributed by atoms with van der Waals surface area (Å²) >= 11 is 0.843. The molecule has 116 valence electrons. The van der Waals surface area contributed by atoms with Crippen molar-refractivity contribution >= 4 is 27.3 Å². The number of aromatic carboxylic acids is 1. The fourth-order valence-corrected chi connectivity index (χ4v) is 4.89. The van der Waals surface area contributed by atoms with Crippen molar-refractivity contribution in [3.05, 3.63) is 22.9 Å². The third-order valence-corrected chi connectivity index (χ3v) is 6.66. The third kappa shape index (κ3) is 3.17. The molecule has 2 heterocycles. The Morgan fingerprint density at radius 3 is 2.57 bits per heavy atom. The summed E-state index contributed by atoms with van der Waals surface area (Å²) in [4.78, 5) is 14.7. The molecular weight excluding hydrogens is 312 g/mol. The highest BCUT2D eigenvalue weighted by atomic mass is 32.2. The lowest BCUT2D eigenvalue weighted by Gasteiger charge is -2.31. The fraction of sp³-hybridized carbons (Fsp3) is 0.538. The van der Waals surface area contributed by atoms with Crippen molar-refractivity contribution < 1.29 is 18.3 Å². The summed E-state index contributed by atoms with van der Waals surface area (Å²) in [6.07, 6.45) is 2.58. The van der Waals surface area contributed by atoms with Crippen molar-refractivity contribution in [2.45, 2.75) is 31.4 Å². The first-order valence-electron chi connectivity index (χ1n) is 6.50. The first-order valence-corrected chi connectivity index (χ1v) is 8.82. The van der Waals surface area contributed by atoms with Crippen LogP contribution in [0.4, 0.5) is 0 Å². The summed E-state index contributed by atoms with van der Waals surface area (Å²) < 4.78 is 26.2. The fourth-order valence-electron chi connectivity index (χ4n) is 2.23. The minimum Gasteiger partial charge on any atom is -0.476 e. The zero-order chi connectivity index (χ0) is 15.8. The van der Waals surface area contributed by atoms with Crippen molar-refractivity contribution in [2.75, 3.05) is 13.1 Å². The number of aromatic nitrogens is 1. The van der Waals surface area contributed by atoms with Crippen LogP contribution in [0.2, 0.25) is 0 Å². The Bertz CT molecular complexity index is 683. The predicted octanol–water partition coefficient (Wildman–Crippen LogP) is 2.21. The molecule has 0 saturated carbocycles. The Kier molecular flexibility index (Phi) is 4.23. The summed E-state index contributed by atoms with van der Waals surface area (Å²) in [5.74, 6) is -1.32. The molecule has 0 bridgehead atoms. The molecule has 1 aromatic rings. The van der Waals surface area contributed by atoms with Gasteiger partial charge in [-0.3, -0.25) is 0 Å². The number of hydrogen-bond donors (Lipinski definition) is 1. The number of carboxylic acids is 1. The lowest BCUT2D eigenvalue weighted by atomic mass is 9.83. The van der Waals surface area contributed by atoms with E-state index in [4.69, 9.17) is 5.11 Å². The molecule has 8 heteroatoms. The monoisotopic (exact) mass is 330 g/mol. The second-order valence-electron chi connectivity index (χ2n) is 5.89. The summed E-state index contributed by atoms with van der Waals surface area (Å²) in [6.45, 7) is 6.91. The molecule has 0 aromatic carbocycles. The minimum atomic E-state index is -3.80. The van der Waals surface area contributed by atoms with Gasteiger partial charge in [-0.25, -0.2) is 18.2 Å². The van der Waals surface area contributed by atoms with Crippen LogP contribution in [0.15, 0.2) is 21.4 Å². The number of hydrogen-bond acceptors (Lipinski definition) is 5. The number of nitrogens with zero attached hydrogens (tertiary/aromatic N) is 2. The van der Waals surface area contributed by atoms with Gasteiger partial charge in [0.1, 0.15) is 0 Å². The largest absolute Gasteiger partial charge is 0.476 e. The maximum atomic E-state index is 12.5. The number of sulfonamides is 1. The zero-order valence-electron chi connectivity index (χ0n) is 12.2. The lowest BCUT2D eigenvalue weighted by molar-refractivity contribution is 0.0687. The molecule has 0 fully saturated rings. The van der Waals surface area contributed by atoms with Crippen LogP contribution in [0.5, 0.6) is 0 Å². The molecule has 6 nitrogen and oxygen atoms in total. The van der Waals surface area contributed by atoms with Crippen molar-refractivity contribution in [3.8, 4) is 0 Å². The molecule has 0 radical (unpaired) electrons. The molecule has 0 saturated heterocycles. The minimum absolute atomic E-state index is 0.0204. The van der Waals surface area contributed by atoms with Crippen molar-refractivity contribution in [1.82, 2.24) is 9.29 Å². The van der Waals surface area contributed by atoms with Gasteiger partial charge in [-0.1, -0.05) is 32.4 Å². The van der Waals surface area contributed by atoms with Gasteiger partial charge in [0.2, 0.25) is 0 Å². The highest BCUT2D eigenvalue weighted by Crippen LogP contribution is 2.32. The maximum Gasteiger partial charge on any atom is 0.356 e. The van der Waals surface area contributed by atoms with Crippen molar-refractivity contribution in [2.24, 2.45) is 5.41 Å². The summed E-state index contributed by atoms with van der Waals surface area (Å²) in [6, 6.07) is 0. The van der Waals surface area contributed by atoms with E-state index in [2.05, 4.69) is 25.8 Å². The molecule has 0 atom stereocenters. The van der Waals surface area contributed by atoms with Crippen LogP contribution >= 0.6 is 11.3 Å². The second-order valence-corrected chi connectivity index (χ2v) is 8.87. The number of rotatable bonds is 3. The molecule has 1 aliphatic heterocycles. The Balaban J connectivity index is 2.29. The SMILES string of the molecule is CC(C)(C)C1=CCN(S(=O)(=O)c2scnc2C(=O)O)CC1. The summed E-state index contributed by atoms with van der Waals surface area (Å²) in [5.41, 5.74) is 2.09. The van der Waals surface area contributed by atoms with Crippen molar-refractivity contribution in [1.29, 1.82) is 0 Å². The molecular formula is C13H18N2O4S2. The lowest BCUT2D eigenvalue weighted by Crippen LogP contribution is -2.36. The van der Waals surface area contributed by atoms with Gasteiger partial charge in [0.05, 0.1) is 5.51 Å². The normalized spacial score (nSPS) is 17.6. The van der Waals surface area contributed by atoms with Gasteiger partial charge in [-0.15, -0.1) is 11.3 Å². The molecule has 1 aliphatic rings. The molecule has 0 spiro atoms. The van der Waals surface area contributed by atoms with E-state index in [1.165, 1.54) is 15.4 Å². The first-order chi connectivity index (χ1) is 9.64. The molecule has 1 aromatic heterocycles.